The quantitative estimate of drug-likeness (QED) is 0.409. The van der Waals surface area contributed by atoms with Crippen LogP contribution in [0.25, 0.3) is 0 Å². The van der Waals surface area contributed by atoms with Crippen LogP contribution >= 0.6 is 0 Å². The summed E-state index contributed by atoms with van der Waals surface area (Å²) in [4.78, 5) is 12.8. The lowest BCUT2D eigenvalue weighted by Crippen LogP contribution is -2.31. The maximum Gasteiger partial charge on any atom is 0.328 e. The molecule has 3 nitrogen and oxygen atoms in total. The molecule has 142 valence electrons. The third-order valence-corrected chi connectivity index (χ3v) is 5.38. The van der Waals surface area contributed by atoms with Gasteiger partial charge in [0.2, 0.25) is 0 Å². The van der Waals surface area contributed by atoms with E-state index in [1.807, 2.05) is 30.3 Å². The van der Waals surface area contributed by atoms with Gasteiger partial charge in [0.25, 0.3) is 0 Å². The lowest BCUT2D eigenvalue weighted by molar-refractivity contribution is -0.153. The summed E-state index contributed by atoms with van der Waals surface area (Å²) in [6.07, 6.45) is 0.309. The lowest BCUT2D eigenvalue weighted by atomic mass is 9.83. The van der Waals surface area contributed by atoms with Gasteiger partial charge < -0.3 is 4.74 Å². The third kappa shape index (κ3) is 8.78. The van der Waals surface area contributed by atoms with Crippen LogP contribution < -0.4 is 0 Å². The predicted molar refractivity (Wildman–Crippen MR) is 116 cm³/mol. The second-order valence-electron chi connectivity index (χ2n) is 8.71. The van der Waals surface area contributed by atoms with Gasteiger partial charge in [-0.1, -0.05) is 69.6 Å². The smallest absolute Gasteiger partial charge is 0.328 e. The molecule has 0 spiro atoms. The molecule has 0 heterocycles. The molecule has 0 bridgehead atoms. The van der Waals surface area contributed by atoms with Gasteiger partial charge in [0.15, 0.2) is 5.41 Å². The minimum absolute atomic E-state index is 0.145. The standard InChI is InChI=1S/C22H29NO2Si2/c1-26(2,3)16-10-14-22(19-23,15-11-17-27(4,5)6)21(24)25-18-20-12-8-7-9-13-20/h7-9,12-13H,14-15,18H2,1-6H3. The summed E-state index contributed by atoms with van der Waals surface area (Å²) in [6.45, 7) is 12.9. The van der Waals surface area contributed by atoms with Gasteiger partial charge in [0, 0.05) is 12.8 Å². The Hall–Kier alpha value is -2.27. The van der Waals surface area contributed by atoms with Crippen LogP contribution in [0.2, 0.25) is 39.3 Å². The molecule has 1 aromatic rings. The molecule has 1 aromatic carbocycles. The Morgan fingerprint density at radius 3 is 1.85 bits per heavy atom. The number of nitrogens with zero attached hydrogens (tertiary/aromatic N) is 1. The molecular formula is C22H29NO2Si2. The van der Waals surface area contributed by atoms with Crippen molar-refractivity contribution < 1.29 is 9.53 Å². The topological polar surface area (TPSA) is 50.1 Å². The molecule has 1 rings (SSSR count). The van der Waals surface area contributed by atoms with E-state index < -0.39 is 27.5 Å². The van der Waals surface area contributed by atoms with Crippen LogP contribution in [0.5, 0.6) is 0 Å². The molecule has 0 radical (unpaired) electrons. The van der Waals surface area contributed by atoms with Crippen molar-refractivity contribution in [3.8, 4) is 29.0 Å². The second-order valence-corrected chi connectivity index (χ2v) is 18.2. The number of rotatable bonds is 5. The monoisotopic (exact) mass is 395 g/mol. The van der Waals surface area contributed by atoms with Gasteiger partial charge in [0.1, 0.15) is 22.8 Å². The Morgan fingerprint density at radius 1 is 0.963 bits per heavy atom. The summed E-state index contributed by atoms with van der Waals surface area (Å²) in [5.74, 6) is 5.61. The minimum Gasteiger partial charge on any atom is -0.460 e. The Balaban J connectivity index is 3.05. The highest BCUT2D eigenvalue weighted by atomic mass is 28.3. The third-order valence-electron chi connectivity index (χ3n) is 3.52. The van der Waals surface area contributed by atoms with E-state index in [9.17, 15) is 10.1 Å². The SMILES string of the molecule is C[Si](C)(C)C#CCC(C#N)(CC#C[Si](C)(C)C)C(=O)OCc1ccccc1. The van der Waals surface area contributed by atoms with Crippen molar-refractivity contribution >= 4 is 22.1 Å². The normalized spacial score (nSPS) is 11.3. The molecule has 0 unspecified atom stereocenters. The number of hydrogen-bond acceptors (Lipinski definition) is 3. The summed E-state index contributed by atoms with van der Waals surface area (Å²) in [6, 6.07) is 11.6. The van der Waals surface area contributed by atoms with Crippen molar-refractivity contribution in [1.82, 2.24) is 0 Å². The van der Waals surface area contributed by atoms with Gasteiger partial charge in [0.05, 0.1) is 6.07 Å². The lowest BCUT2D eigenvalue weighted by Gasteiger charge is -2.20. The maximum atomic E-state index is 12.8. The molecule has 0 aliphatic carbocycles. The van der Waals surface area contributed by atoms with Crippen molar-refractivity contribution in [1.29, 1.82) is 5.26 Å². The van der Waals surface area contributed by atoms with Crippen molar-refractivity contribution in [2.24, 2.45) is 5.41 Å². The Bertz CT molecular complexity index is 770. The number of ether oxygens (including phenoxy) is 1. The molecular weight excluding hydrogens is 366 g/mol. The number of carbonyl (C=O) groups is 1. The molecule has 0 saturated carbocycles. The molecule has 27 heavy (non-hydrogen) atoms. The van der Waals surface area contributed by atoms with Gasteiger partial charge in [-0.05, 0) is 5.56 Å². The summed E-state index contributed by atoms with van der Waals surface area (Å²) >= 11 is 0. The summed E-state index contributed by atoms with van der Waals surface area (Å²) < 4.78 is 5.48. The average Bonchev–Trinajstić information content (AvgIpc) is 2.57. The fourth-order valence-electron chi connectivity index (χ4n) is 2.11. The Kier molecular flexibility index (Phi) is 8.10. The predicted octanol–water partition coefficient (Wildman–Crippen LogP) is 4.78. The van der Waals surface area contributed by atoms with E-state index in [1.54, 1.807) is 0 Å². The van der Waals surface area contributed by atoms with Crippen LogP contribution in [0.3, 0.4) is 0 Å². The first-order valence-corrected chi connectivity index (χ1v) is 16.1. The summed E-state index contributed by atoms with van der Waals surface area (Å²) in [7, 11) is -3.18. The number of benzene rings is 1. The molecule has 0 amide bonds. The fraction of sp³-hybridized carbons (Fsp3) is 0.455. The van der Waals surface area contributed by atoms with Crippen LogP contribution in [0.1, 0.15) is 18.4 Å². The van der Waals surface area contributed by atoms with Gasteiger partial charge in [-0.2, -0.15) is 5.26 Å². The molecule has 0 aromatic heterocycles. The summed E-state index contributed by atoms with van der Waals surface area (Å²) in [5, 5.41) is 9.84. The van der Waals surface area contributed by atoms with E-state index in [2.05, 4.69) is 68.3 Å². The fourth-order valence-corrected chi connectivity index (χ4v) is 3.35. The molecule has 0 fully saturated rings. The van der Waals surface area contributed by atoms with E-state index in [1.165, 1.54) is 0 Å². The zero-order valence-electron chi connectivity index (χ0n) is 17.3. The van der Waals surface area contributed by atoms with E-state index >= 15 is 0 Å². The van der Waals surface area contributed by atoms with Gasteiger partial charge in [-0.25, -0.2) is 0 Å². The van der Waals surface area contributed by atoms with Gasteiger partial charge in [-0.15, -0.1) is 22.9 Å². The highest BCUT2D eigenvalue weighted by Gasteiger charge is 2.39. The van der Waals surface area contributed by atoms with E-state index in [-0.39, 0.29) is 19.4 Å². The van der Waals surface area contributed by atoms with Crippen LogP contribution in [-0.4, -0.2) is 22.1 Å². The highest BCUT2D eigenvalue weighted by molar-refractivity contribution is 6.84. The molecule has 0 aliphatic rings. The van der Waals surface area contributed by atoms with Gasteiger partial charge >= 0.3 is 5.97 Å². The van der Waals surface area contributed by atoms with Crippen LogP contribution in [-0.2, 0) is 16.1 Å². The van der Waals surface area contributed by atoms with Crippen molar-refractivity contribution in [2.45, 2.75) is 58.7 Å². The number of hydrogen-bond donors (Lipinski definition) is 0. The highest BCUT2D eigenvalue weighted by Crippen LogP contribution is 2.28. The van der Waals surface area contributed by atoms with Crippen LogP contribution in [0.4, 0.5) is 0 Å². The number of esters is 1. The first-order chi connectivity index (χ1) is 12.5. The first-order valence-electron chi connectivity index (χ1n) is 9.10. The molecule has 0 aliphatic heterocycles. The van der Waals surface area contributed by atoms with E-state index in [0.717, 1.165) is 5.56 Å². The Morgan fingerprint density at radius 2 is 1.44 bits per heavy atom. The zero-order valence-corrected chi connectivity index (χ0v) is 19.3. The van der Waals surface area contributed by atoms with Crippen LogP contribution in [0, 0.1) is 39.7 Å². The van der Waals surface area contributed by atoms with Crippen molar-refractivity contribution in [3.05, 3.63) is 35.9 Å². The molecule has 0 atom stereocenters. The van der Waals surface area contributed by atoms with E-state index in [4.69, 9.17) is 4.74 Å². The number of nitriles is 1. The van der Waals surface area contributed by atoms with Crippen LogP contribution in [0.15, 0.2) is 30.3 Å². The molecule has 0 N–H and O–H groups in total. The molecule has 0 saturated heterocycles. The Labute approximate surface area is 166 Å². The van der Waals surface area contributed by atoms with Crippen molar-refractivity contribution in [3.63, 3.8) is 0 Å². The minimum atomic E-state index is -1.59. The summed E-state index contributed by atoms with van der Waals surface area (Å²) in [5.41, 5.74) is 6.02. The molecule has 5 heteroatoms. The second kappa shape index (κ2) is 9.61. The van der Waals surface area contributed by atoms with Gasteiger partial charge in [-0.3, -0.25) is 4.79 Å². The largest absolute Gasteiger partial charge is 0.460 e. The maximum absolute atomic E-state index is 12.8. The number of carbonyl (C=O) groups excluding carboxylic acids is 1. The van der Waals surface area contributed by atoms with Crippen molar-refractivity contribution in [2.75, 3.05) is 0 Å². The van der Waals surface area contributed by atoms with E-state index in [0.29, 0.717) is 0 Å². The first kappa shape index (κ1) is 22.8. The average molecular weight is 396 g/mol. The zero-order chi connectivity index (χ0) is 20.6.